The summed E-state index contributed by atoms with van der Waals surface area (Å²) >= 11 is 0. The van der Waals surface area contributed by atoms with Gasteiger partial charge in [-0.2, -0.15) is 8.42 Å². The number of carbonyl (C=O) groups is 2. The minimum absolute atomic E-state index is 0.0115. The molecule has 3 aromatic carbocycles. The Balaban J connectivity index is 1.88. The van der Waals surface area contributed by atoms with Crippen LogP contribution in [0.3, 0.4) is 0 Å². The highest BCUT2D eigenvalue weighted by Crippen LogP contribution is 2.33. The van der Waals surface area contributed by atoms with Crippen molar-refractivity contribution < 1.29 is 27.0 Å². The Morgan fingerprint density at radius 1 is 0.926 bits per heavy atom. The van der Waals surface area contributed by atoms with Crippen LogP contribution in [0, 0.1) is 5.82 Å². The molecule has 4 rings (SSSR count). The monoisotopic (exact) mass is 385 g/mol. The molecular weight excluding hydrogens is 373 g/mol. The molecule has 0 radical (unpaired) electrons. The third-order valence-electron chi connectivity index (χ3n) is 4.45. The Labute approximate surface area is 153 Å². The summed E-state index contributed by atoms with van der Waals surface area (Å²) in [5.74, 6) is -1.65. The standard InChI is InChI=1S/C19H12FNO5S/c20-13-6-4-11(5-7-13)10-21-18(22)15-3-1-2-12-8-14(27(24,25)26)9-16(17(12)15)19(21)23/h1-9H,10H2,(H,24,25,26). The van der Waals surface area contributed by atoms with Crippen molar-refractivity contribution in [3.05, 3.63) is 77.1 Å². The molecule has 6 nitrogen and oxygen atoms in total. The molecule has 8 heteroatoms. The van der Waals surface area contributed by atoms with Crippen LogP contribution in [-0.2, 0) is 16.7 Å². The molecule has 0 unspecified atom stereocenters. The molecule has 0 saturated heterocycles. The minimum Gasteiger partial charge on any atom is -0.282 e. The molecule has 27 heavy (non-hydrogen) atoms. The minimum atomic E-state index is -4.53. The maximum atomic E-state index is 13.1. The number of amides is 2. The average Bonchev–Trinajstić information content (AvgIpc) is 2.63. The fourth-order valence-corrected chi connectivity index (χ4v) is 3.74. The molecule has 0 bridgehead atoms. The van der Waals surface area contributed by atoms with E-state index in [-0.39, 0.29) is 17.7 Å². The smallest absolute Gasteiger partial charge is 0.282 e. The molecule has 0 atom stereocenters. The number of nitrogens with zero attached hydrogens (tertiary/aromatic N) is 1. The second kappa shape index (κ2) is 5.97. The Hall–Kier alpha value is -3.10. The van der Waals surface area contributed by atoms with Crippen molar-refractivity contribution in [3.63, 3.8) is 0 Å². The van der Waals surface area contributed by atoms with Gasteiger partial charge in [-0.05, 0) is 41.3 Å². The van der Waals surface area contributed by atoms with Crippen molar-refractivity contribution in [2.24, 2.45) is 0 Å². The lowest BCUT2D eigenvalue weighted by molar-refractivity contribution is 0.0598. The van der Waals surface area contributed by atoms with Crippen LogP contribution in [0.5, 0.6) is 0 Å². The molecule has 0 saturated carbocycles. The van der Waals surface area contributed by atoms with E-state index < -0.39 is 32.6 Å². The summed E-state index contributed by atoms with van der Waals surface area (Å²) in [6, 6.07) is 12.3. The van der Waals surface area contributed by atoms with E-state index in [1.54, 1.807) is 18.2 Å². The lowest BCUT2D eigenvalue weighted by Gasteiger charge is -2.27. The quantitative estimate of drug-likeness (QED) is 0.553. The number of hydrogen-bond acceptors (Lipinski definition) is 4. The molecule has 0 aromatic heterocycles. The van der Waals surface area contributed by atoms with Gasteiger partial charge in [-0.1, -0.05) is 24.3 Å². The first-order valence-electron chi connectivity index (χ1n) is 7.90. The molecule has 1 N–H and O–H groups in total. The van der Waals surface area contributed by atoms with Gasteiger partial charge in [0.2, 0.25) is 0 Å². The van der Waals surface area contributed by atoms with Crippen molar-refractivity contribution >= 4 is 32.7 Å². The van der Waals surface area contributed by atoms with Gasteiger partial charge in [0, 0.05) is 10.9 Å². The van der Waals surface area contributed by atoms with Gasteiger partial charge in [-0.25, -0.2) is 4.39 Å². The molecule has 0 aliphatic carbocycles. The number of imide groups is 1. The number of benzene rings is 3. The number of carbonyl (C=O) groups excluding carboxylic acids is 2. The molecule has 136 valence electrons. The molecule has 1 heterocycles. The predicted octanol–water partition coefficient (Wildman–Crippen LogP) is 3.02. The predicted molar refractivity (Wildman–Crippen MR) is 94.4 cm³/mol. The van der Waals surface area contributed by atoms with Crippen LogP contribution in [0.15, 0.2) is 59.5 Å². The van der Waals surface area contributed by atoms with E-state index in [4.69, 9.17) is 0 Å². The van der Waals surface area contributed by atoms with Gasteiger partial charge in [-0.15, -0.1) is 0 Å². The van der Waals surface area contributed by atoms with Crippen LogP contribution in [0.1, 0.15) is 26.3 Å². The van der Waals surface area contributed by atoms with Gasteiger partial charge < -0.3 is 0 Å². The maximum absolute atomic E-state index is 13.1. The van der Waals surface area contributed by atoms with Crippen LogP contribution in [-0.4, -0.2) is 29.7 Å². The Kier molecular flexibility index (Phi) is 3.83. The fourth-order valence-electron chi connectivity index (χ4n) is 3.20. The fraction of sp³-hybridized carbons (Fsp3) is 0.0526. The van der Waals surface area contributed by atoms with Crippen molar-refractivity contribution in [2.45, 2.75) is 11.4 Å². The van der Waals surface area contributed by atoms with Crippen molar-refractivity contribution in [1.29, 1.82) is 0 Å². The highest BCUT2D eigenvalue weighted by molar-refractivity contribution is 7.85. The zero-order valence-electron chi connectivity index (χ0n) is 13.7. The summed E-state index contributed by atoms with van der Waals surface area (Å²) in [6.07, 6.45) is 0. The van der Waals surface area contributed by atoms with E-state index in [9.17, 15) is 27.0 Å². The van der Waals surface area contributed by atoms with Crippen LogP contribution in [0.2, 0.25) is 0 Å². The van der Waals surface area contributed by atoms with Crippen LogP contribution >= 0.6 is 0 Å². The Bertz CT molecular complexity index is 1220. The lowest BCUT2D eigenvalue weighted by Crippen LogP contribution is -2.39. The molecular formula is C19H12FNO5S. The summed E-state index contributed by atoms with van der Waals surface area (Å²) in [7, 11) is -4.53. The highest BCUT2D eigenvalue weighted by Gasteiger charge is 2.34. The van der Waals surface area contributed by atoms with Gasteiger partial charge in [-0.3, -0.25) is 19.0 Å². The Morgan fingerprint density at radius 3 is 2.26 bits per heavy atom. The topological polar surface area (TPSA) is 91.7 Å². The molecule has 0 fully saturated rings. The molecule has 3 aromatic rings. The first kappa shape index (κ1) is 17.3. The summed E-state index contributed by atoms with van der Waals surface area (Å²) < 4.78 is 45.6. The van der Waals surface area contributed by atoms with Gasteiger partial charge in [0.25, 0.3) is 21.9 Å². The first-order chi connectivity index (χ1) is 12.8. The normalized spacial score (nSPS) is 14.1. The second-order valence-electron chi connectivity index (χ2n) is 6.17. The van der Waals surface area contributed by atoms with Gasteiger partial charge in [0.15, 0.2) is 0 Å². The zero-order valence-corrected chi connectivity index (χ0v) is 14.5. The highest BCUT2D eigenvalue weighted by atomic mass is 32.2. The third kappa shape index (κ3) is 2.88. The Morgan fingerprint density at radius 2 is 1.59 bits per heavy atom. The van der Waals surface area contributed by atoms with Crippen molar-refractivity contribution in [2.75, 3.05) is 0 Å². The number of halogens is 1. The summed E-state index contributed by atoms with van der Waals surface area (Å²) in [5.41, 5.74) is 0.809. The molecule has 1 aliphatic rings. The van der Waals surface area contributed by atoms with E-state index in [1.807, 2.05) is 0 Å². The van der Waals surface area contributed by atoms with E-state index in [2.05, 4.69) is 0 Å². The lowest BCUT2D eigenvalue weighted by atomic mass is 9.94. The van der Waals surface area contributed by atoms with Crippen LogP contribution < -0.4 is 0 Å². The number of rotatable bonds is 3. The van der Waals surface area contributed by atoms with E-state index in [0.29, 0.717) is 16.3 Å². The molecule has 2 amide bonds. The summed E-state index contributed by atoms with van der Waals surface area (Å²) in [6.45, 7) is -0.0934. The summed E-state index contributed by atoms with van der Waals surface area (Å²) in [5, 5.41) is 0.705. The third-order valence-corrected chi connectivity index (χ3v) is 5.28. The van der Waals surface area contributed by atoms with Crippen molar-refractivity contribution in [3.8, 4) is 0 Å². The first-order valence-corrected chi connectivity index (χ1v) is 9.34. The van der Waals surface area contributed by atoms with Gasteiger partial charge >= 0.3 is 0 Å². The van der Waals surface area contributed by atoms with Gasteiger partial charge in [0.1, 0.15) is 5.82 Å². The van der Waals surface area contributed by atoms with Crippen LogP contribution in [0.4, 0.5) is 4.39 Å². The van der Waals surface area contributed by atoms with Gasteiger partial charge in [0.05, 0.1) is 17.0 Å². The average molecular weight is 385 g/mol. The SMILES string of the molecule is O=C1c2cccc3cc(S(=O)(=O)O)cc(c23)C(=O)N1Cc1ccc(F)cc1. The summed E-state index contributed by atoms with van der Waals surface area (Å²) in [4.78, 5) is 26.3. The molecule has 1 aliphatic heterocycles. The number of hydrogen-bond donors (Lipinski definition) is 1. The second-order valence-corrected chi connectivity index (χ2v) is 7.59. The van der Waals surface area contributed by atoms with E-state index in [1.165, 1.54) is 30.3 Å². The largest absolute Gasteiger partial charge is 0.294 e. The van der Waals surface area contributed by atoms with Crippen LogP contribution in [0.25, 0.3) is 10.8 Å². The van der Waals surface area contributed by atoms with E-state index >= 15 is 0 Å². The van der Waals surface area contributed by atoms with E-state index in [0.717, 1.165) is 11.0 Å². The molecule has 0 spiro atoms. The zero-order chi connectivity index (χ0) is 19.3. The van der Waals surface area contributed by atoms with Crippen molar-refractivity contribution in [1.82, 2.24) is 4.90 Å². The maximum Gasteiger partial charge on any atom is 0.294 e.